The Morgan fingerprint density at radius 3 is 2.83 bits per heavy atom. The van der Waals surface area contributed by atoms with Crippen molar-refractivity contribution in [3.05, 3.63) is 6.54 Å². The molecule has 0 aromatic carbocycles. The van der Waals surface area contributed by atoms with Crippen LogP contribution in [0.15, 0.2) is 0 Å². The highest BCUT2D eigenvalue weighted by molar-refractivity contribution is 4.73. The van der Waals surface area contributed by atoms with E-state index in [0.29, 0.717) is 6.10 Å². The van der Waals surface area contributed by atoms with E-state index in [2.05, 4.69) is 0 Å². The number of hydrogen-bond acceptors (Lipinski definition) is 2. The van der Waals surface area contributed by atoms with Crippen LogP contribution in [-0.4, -0.2) is 12.7 Å². The number of ether oxygens (including phenoxy) is 1. The molecule has 0 aromatic rings. The molecule has 0 saturated carbocycles. The maximum absolute atomic E-state index is 5.06. The standard InChI is InChI=1S/C4H8NO/c5-2-1-4-3-6-4/h2,4H,1,3,5H2. The van der Waals surface area contributed by atoms with E-state index in [9.17, 15) is 0 Å². The van der Waals surface area contributed by atoms with E-state index < -0.39 is 0 Å². The molecule has 0 amide bonds. The lowest BCUT2D eigenvalue weighted by atomic mass is 10.3. The first-order valence-electron chi connectivity index (χ1n) is 2.08. The van der Waals surface area contributed by atoms with E-state index in [-0.39, 0.29) is 0 Å². The first kappa shape index (κ1) is 4.09. The van der Waals surface area contributed by atoms with Crippen molar-refractivity contribution in [1.82, 2.24) is 0 Å². The summed E-state index contributed by atoms with van der Waals surface area (Å²) < 4.78 is 4.84. The van der Waals surface area contributed by atoms with Gasteiger partial charge in [-0.05, 0) is 6.42 Å². The van der Waals surface area contributed by atoms with Crippen molar-refractivity contribution in [2.75, 3.05) is 6.61 Å². The van der Waals surface area contributed by atoms with Crippen LogP contribution in [0.2, 0.25) is 0 Å². The van der Waals surface area contributed by atoms with Crippen LogP contribution >= 0.6 is 0 Å². The molecular weight excluding hydrogens is 78.0 g/mol. The monoisotopic (exact) mass is 86.1 g/mol. The Balaban J connectivity index is 1.88. The van der Waals surface area contributed by atoms with E-state index in [0.717, 1.165) is 13.0 Å². The first-order chi connectivity index (χ1) is 2.93. The molecule has 2 heteroatoms. The number of epoxide rings is 1. The van der Waals surface area contributed by atoms with Crippen molar-refractivity contribution < 1.29 is 4.74 Å². The van der Waals surface area contributed by atoms with Gasteiger partial charge in [-0.1, -0.05) is 0 Å². The van der Waals surface area contributed by atoms with Gasteiger partial charge in [-0.15, -0.1) is 0 Å². The summed E-state index contributed by atoms with van der Waals surface area (Å²) >= 11 is 0. The Morgan fingerprint density at radius 1 is 2.00 bits per heavy atom. The molecule has 35 valence electrons. The molecule has 0 aliphatic carbocycles. The average molecular weight is 86.1 g/mol. The van der Waals surface area contributed by atoms with Crippen molar-refractivity contribution in [2.24, 2.45) is 5.73 Å². The molecule has 0 spiro atoms. The molecule has 1 aliphatic rings. The molecule has 2 nitrogen and oxygen atoms in total. The molecule has 1 rings (SSSR count). The fraction of sp³-hybridized carbons (Fsp3) is 0.750. The lowest BCUT2D eigenvalue weighted by Gasteiger charge is -1.80. The first-order valence-corrected chi connectivity index (χ1v) is 2.08. The maximum Gasteiger partial charge on any atom is 0.0825 e. The second kappa shape index (κ2) is 1.58. The van der Waals surface area contributed by atoms with Gasteiger partial charge in [0.1, 0.15) is 0 Å². The van der Waals surface area contributed by atoms with Gasteiger partial charge in [0.15, 0.2) is 0 Å². The summed E-state index contributed by atoms with van der Waals surface area (Å²) in [7, 11) is 0. The summed E-state index contributed by atoms with van der Waals surface area (Å²) in [5.74, 6) is 0. The highest BCUT2D eigenvalue weighted by Gasteiger charge is 2.20. The minimum atomic E-state index is 0.468. The zero-order chi connectivity index (χ0) is 4.41. The number of rotatable bonds is 2. The van der Waals surface area contributed by atoms with Crippen LogP contribution in [0, 0.1) is 6.54 Å². The zero-order valence-corrected chi connectivity index (χ0v) is 3.55. The summed E-state index contributed by atoms with van der Waals surface area (Å²) in [4.78, 5) is 0. The Hall–Kier alpha value is -0.0800. The Bertz CT molecular complexity index is 42.8. The molecule has 1 heterocycles. The smallest absolute Gasteiger partial charge is 0.0825 e. The van der Waals surface area contributed by atoms with Gasteiger partial charge in [-0.25, -0.2) is 0 Å². The Kier molecular flexibility index (Phi) is 1.08. The molecule has 1 saturated heterocycles. The predicted octanol–water partition coefficient (Wildman–Crippen LogP) is -0.104. The van der Waals surface area contributed by atoms with Crippen LogP contribution in [0.5, 0.6) is 0 Å². The fourth-order valence-electron chi connectivity index (χ4n) is 0.356. The molecule has 6 heavy (non-hydrogen) atoms. The van der Waals surface area contributed by atoms with Crippen molar-refractivity contribution in [3.63, 3.8) is 0 Å². The van der Waals surface area contributed by atoms with E-state index in [1.807, 2.05) is 0 Å². The van der Waals surface area contributed by atoms with Gasteiger partial charge < -0.3 is 10.5 Å². The Labute approximate surface area is 37.3 Å². The molecule has 1 unspecified atom stereocenters. The van der Waals surface area contributed by atoms with Crippen molar-refractivity contribution in [3.8, 4) is 0 Å². The Morgan fingerprint density at radius 2 is 2.67 bits per heavy atom. The molecular formula is C4H8NO. The zero-order valence-electron chi connectivity index (χ0n) is 3.55. The molecule has 1 aliphatic heterocycles. The van der Waals surface area contributed by atoms with Crippen LogP contribution in [0.25, 0.3) is 0 Å². The summed E-state index contributed by atoms with van der Waals surface area (Å²) in [5, 5.41) is 0. The molecule has 1 radical (unpaired) electrons. The van der Waals surface area contributed by atoms with Crippen molar-refractivity contribution >= 4 is 0 Å². The number of nitrogens with two attached hydrogens (primary N) is 1. The summed E-state index contributed by atoms with van der Waals surface area (Å²) in [6.07, 6.45) is 1.38. The van der Waals surface area contributed by atoms with Crippen LogP contribution in [0.3, 0.4) is 0 Å². The SMILES string of the molecule is N[CH]CC1CO1. The van der Waals surface area contributed by atoms with Crippen molar-refractivity contribution in [2.45, 2.75) is 12.5 Å². The van der Waals surface area contributed by atoms with Crippen LogP contribution in [0.1, 0.15) is 6.42 Å². The van der Waals surface area contributed by atoms with E-state index in [1.54, 1.807) is 6.54 Å². The maximum atomic E-state index is 5.06. The largest absolute Gasteiger partial charge is 0.373 e. The summed E-state index contributed by atoms with van der Waals surface area (Å²) in [6, 6.07) is 0. The van der Waals surface area contributed by atoms with Gasteiger partial charge in [-0.2, -0.15) is 0 Å². The average Bonchev–Trinajstić information content (AvgIpc) is 2.21. The molecule has 1 atom stereocenters. The molecule has 0 bridgehead atoms. The van der Waals surface area contributed by atoms with Crippen LogP contribution in [-0.2, 0) is 4.74 Å². The van der Waals surface area contributed by atoms with E-state index in [1.165, 1.54) is 0 Å². The van der Waals surface area contributed by atoms with Crippen LogP contribution < -0.4 is 5.73 Å². The molecule has 0 aromatic heterocycles. The van der Waals surface area contributed by atoms with Gasteiger partial charge in [0.25, 0.3) is 0 Å². The van der Waals surface area contributed by atoms with Gasteiger partial charge in [-0.3, -0.25) is 0 Å². The van der Waals surface area contributed by atoms with Crippen molar-refractivity contribution in [1.29, 1.82) is 0 Å². The second-order valence-corrected chi connectivity index (χ2v) is 1.43. The molecule has 2 N–H and O–H groups in total. The fourth-order valence-corrected chi connectivity index (χ4v) is 0.356. The minimum Gasteiger partial charge on any atom is -0.373 e. The van der Waals surface area contributed by atoms with E-state index >= 15 is 0 Å². The van der Waals surface area contributed by atoms with Gasteiger partial charge in [0.2, 0.25) is 0 Å². The third-order valence-electron chi connectivity index (χ3n) is 0.801. The van der Waals surface area contributed by atoms with Gasteiger partial charge in [0, 0.05) is 6.54 Å². The number of hydrogen-bond donors (Lipinski definition) is 1. The summed E-state index contributed by atoms with van der Waals surface area (Å²) in [6.45, 7) is 2.55. The highest BCUT2D eigenvalue weighted by atomic mass is 16.6. The third kappa shape index (κ3) is 0.954. The lowest BCUT2D eigenvalue weighted by molar-refractivity contribution is 0.406. The quantitative estimate of drug-likeness (QED) is 0.476. The predicted molar refractivity (Wildman–Crippen MR) is 22.8 cm³/mol. The normalized spacial score (nSPS) is 30.5. The highest BCUT2D eigenvalue weighted by Crippen LogP contribution is 2.12. The molecule has 1 fully saturated rings. The topological polar surface area (TPSA) is 38.5 Å². The lowest BCUT2D eigenvalue weighted by Crippen LogP contribution is -1.93. The van der Waals surface area contributed by atoms with Gasteiger partial charge in [0.05, 0.1) is 12.7 Å². The van der Waals surface area contributed by atoms with E-state index in [4.69, 9.17) is 10.5 Å². The third-order valence-corrected chi connectivity index (χ3v) is 0.801. The van der Waals surface area contributed by atoms with Crippen LogP contribution in [0.4, 0.5) is 0 Å². The van der Waals surface area contributed by atoms with Gasteiger partial charge >= 0.3 is 0 Å². The second-order valence-electron chi connectivity index (χ2n) is 1.43. The minimum absolute atomic E-state index is 0.468. The summed E-state index contributed by atoms with van der Waals surface area (Å²) in [5.41, 5.74) is 5.06.